The molecule has 1 saturated heterocycles. The Morgan fingerprint density at radius 1 is 1.13 bits per heavy atom. The van der Waals surface area contributed by atoms with Gasteiger partial charge in [-0.25, -0.2) is 18.1 Å². The van der Waals surface area contributed by atoms with Gasteiger partial charge in [0.15, 0.2) is 17.2 Å². The molecule has 2 N–H and O–H groups in total. The fourth-order valence-electron chi connectivity index (χ4n) is 4.77. The van der Waals surface area contributed by atoms with Gasteiger partial charge in [0.25, 0.3) is 0 Å². The van der Waals surface area contributed by atoms with Gasteiger partial charge in [-0.15, -0.1) is 10.2 Å². The number of halogens is 6. The molecular formula is C22H22ClF5N6O4. The number of benzene rings is 1. The summed E-state index contributed by atoms with van der Waals surface area (Å²) in [6, 6.07) is 1.35. The molecule has 16 heteroatoms. The van der Waals surface area contributed by atoms with Gasteiger partial charge >= 0.3 is 6.18 Å². The van der Waals surface area contributed by atoms with Crippen molar-refractivity contribution >= 4 is 11.6 Å². The number of aliphatic hydroxyl groups is 2. The maximum absolute atomic E-state index is 14.5. The Morgan fingerprint density at radius 3 is 2.50 bits per heavy atom. The van der Waals surface area contributed by atoms with Gasteiger partial charge in [-0.3, -0.25) is 0 Å². The van der Waals surface area contributed by atoms with E-state index < -0.39 is 65.4 Å². The molecule has 38 heavy (non-hydrogen) atoms. The number of aromatic nitrogens is 6. The summed E-state index contributed by atoms with van der Waals surface area (Å²) in [4.78, 5) is 0. The van der Waals surface area contributed by atoms with Crippen LogP contribution in [0.15, 0.2) is 24.5 Å². The van der Waals surface area contributed by atoms with E-state index in [1.165, 1.54) is 30.3 Å². The maximum atomic E-state index is 14.5. The van der Waals surface area contributed by atoms with Crippen molar-refractivity contribution in [2.45, 2.75) is 61.4 Å². The van der Waals surface area contributed by atoms with Crippen LogP contribution in [-0.2, 0) is 21.4 Å². The molecule has 3 aromatic rings. The smallest absolute Gasteiger partial charge is 0.394 e. The minimum Gasteiger partial charge on any atom is -0.394 e. The summed E-state index contributed by atoms with van der Waals surface area (Å²) in [7, 11) is 1.33. The molecule has 206 valence electrons. The number of nitrogens with zero attached hydrogens (tertiary/aromatic N) is 6. The van der Waals surface area contributed by atoms with E-state index >= 15 is 0 Å². The number of rotatable bonds is 7. The first kappa shape index (κ1) is 26.9. The van der Waals surface area contributed by atoms with Gasteiger partial charge in [0.2, 0.25) is 0 Å². The average molecular weight is 565 g/mol. The molecule has 1 aliphatic carbocycles. The Morgan fingerprint density at radius 2 is 1.87 bits per heavy atom. The van der Waals surface area contributed by atoms with Gasteiger partial charge < -0.3 is 19.7 Å². The molecule has 0 amide bonds. The fourth-order valence-corrected chi connectivity index (χ4v) is 4.91. The zero-order chi connectivity index (χ0) is 27.4. The van der Waals surface area contributed by atoms with Crippen LogP contribution < -0.4 is 0 Å². The standard InChI is InChI=1S/C22H22ClF5N6O4/c1-37-20-14(6-10-7-34(32-29-10)21(4-5-21)22(26,27)28)38-15(9-35)19(36)18(20)33-8-13(30-31-33)11-2-3-12(23)17(25)16(11)24/h2-3,7-8,14-15,18-20,35-36H,4-6,9H2,1H3/t14-,15-,18+,19+,20+/m1/s1. The SMILES string of the molecule is CO[C@@H]1[C@@H](n2cc(-c3ccc(Cl)c(F)c3F)nn2)[C@@H](O)[C@@H](CO)O[C@@H]1Cc1cn(C2(C(F)(F)F)CC2)nn1. The zero-order valence-electron chi connectivity index (χ0n) is 19.7. The normalized spacial score (nSPS) is 27.0. The van der Waals surface area contributed by atoms with E-state index in [1.807, 2.05) is 0 Å². The minimum atomic E-state index is -4.48. The van der Waals surface area contributed by atoms with Crippen LogP contribution in [0.3, 0.4) is 0 Å². The second kappa shape index (κ2) is 9.79. The Balaban J connectivity index is 1.43. The summed E-state index contributed by atoms with van der Waals surface area (Å²) in [6.07, 6.45) is -6.68. The molecule has 2 aliphatic rings. The number of aliphatic hydroxyl groups excluding tert-OH is 2. The highest BCUT2D eigenvalue weighted by Crippen LogP contribution is 2.55. The molecule has 2 aromatic heterocycles. The number of methoxy groups -OCH3 is 1. The Bertz CT molecular complexity index is 1320. The van der Waals surface area contributed by atoms with Gasteiger partial charge in [0.1, 0.15) is 30.0 Å². The van der Waals surface area contributed by atoms with Gasteiger partial charge in [-0.05, 0) is 25.0 Å². The number of hydrogen-bond donors (Lipinski definition) is 2. The molecule has 1 aliphatic heterocycles. The quantitative estimate of drug-likeness (QED) is 0.332. The molecular weight excluding hydrogens is 543 g/mol. The Hall–Kier alpha value is -2.72. The summed E-state index contributed by atoms with van der Waals surface area (Å²) in [5.74, 6) is -2.49. The highest BCUT2D eigenvalue weighted by atomic mass is 35.5. The van der Waals surface area contributed by atoms with Crippen molar-refractivity contribution < 1.29 is 41.6 Å². The van der Waals surface area contributed by atoms with Crippen molar-refractivity contribution in [1.82, 2.24) is 30.0 Å². The van der Waals surface area contributed by atoms with Crippen molar-refractivity contribution in [3.8, 4) is 11.3 Å². The third-order valence-electron chi connectivity index (χ3n) is 7.00. The highest BCUT2D eigenvalue weighted by Gasteiger charge is 2.66. The second-order valence-electron chi connectivity index (χ2n) is 9.27. The van der Waals surface area contributed by atoms with Crippen LogP contribution >= 0.6 is 11.6 Å². The van der Waals surface area contributed by atoms with E-state index in [2.05, 4.69) is 20.6 Å². The van der Waals surface area contributed by atoms with Crippen LogP contribution in [0.2, 0.25) is 5.02 Å². The van der Waals surface area contributed by atoms with Crippen LogP contribution in [0, 0.1) is 11.6 Å². The minimum absolute atomic E-state index is 0.0615. The van der Waals surface area contributed by atoms with Crippen molar-refractivity contribution in [1.29, 1.82) is 0 Å². The Kier molecular flexibility index (Phi) is 6.92. The molecule has 0 spiro atoms. The lowest BCUT2D eigenvalue weighted by molar-refractivity contribution is -0.212. The van der Waals surface area contributed by atoms with E-state index in [1.54, 1.807) is 0 Å². The molecule has 3 heterocycles. The zero-order valence-corrected chi connectivity index (χ0v) is 20.4. The molecule has 0 unspecified atom stereocenters. The summed E-state index contributed by atoms with van der Waals surface area (Å²) >= 11 is 5.61. The van der Waals surface area contributed by atoms with Gasteiger partial charge in [0, 0.05) is 25.3 Å². The third kappa shape index (κ3) is 4.45. The summed E-state index contributed by atoms with van der Waals surface area (Å²) in [5, 5.41) is 35.7. The molecule has 0 radical (unpaired) electrons. The summed E-state index contributed by atoms with van der Waals surface area (Å²) < 4.78 is 82.2. The molecule has 5 rings (SSSR count). The van der Waals surface area contributed by atoms with Crippen LogP contribution in [0.25, 0.3) is 11.3 Å². The third-order valence-corrected chi connectivity index (χ3v) is 7.30. The molecule has 0 bridgehead atoms. The lowest BCUT2D eigenvalue weighted by Gasteiger charge is -2.43. The first-order valence-corrected chi connectivity index (χ1v) is 11.9. The lowest BCUT2D eigenvalue weighted by Crippen LogP contribution is -2.57. The highest BCUT2D eigenvalue weighted by molar-refractivity contribution is 6.30. The molecule has 10 nitrogen and oxygen atoms in total. The Labute approximate surface area is 216 Å². The van der Waals surface area contributed by atoms with Crippen molar-refractivity contribution in [2.24, 2.45) is 0 Å². The van der Waals surface area contributed by atoms with Crippen molar-refractivity contribution in [2.75, 3.05) is 13.7 Å². The van der Waals surface area contributed by atoms with E-state index in [9.17, 15) is 32.2 Å². The van der Waals surface area contributed by atoms with Crippen LogP contribution in [0.1, 0.15) is 24.6 Å². The largest absolute Gasteiger partial charge is 0.413 e. The molecule has 1 saturated carbocycles. The first-order chi connectivity index (χ1) is 18.0. The van der Waals surface area contributed by atoms with Crippen LogP contribution in [-0.4, -0.2) is 84.5 Å². The molecule has 1 aromatic carbocycles. The first-order valence-electron chi connectivity index (χ1n) is 11.5. The predicted octanol–water partition coefficient (Wildman–Crippen LogP) is 2.44. The lowest BCUT2D eigenvalue weighted by atomic mass is 9.90. The topological polar surface area (TPSA) is 120 Å². The second-order valence-corrected chi connectivity index (χ2v) is 9.68. The van der Waals surface area contributed by atoms with Gasteiger partial charge in [-0.1, -0.05) is 22.0 Å². The monoisotopic (exact) mass is 564 g/mol. The van der Waals surface area contributed by atoms with E-state index in [0.29, 0.717) is 0 Å². The fraction of sp³-hybridized carbons (Fsp3) is 0.545. The van der Waals surface area contributed by atoms with Crippen LogP contribution in [0.5, 0.6) is 0 Å². The summed E-state index contributed by atoms with van der Waals surface area (Å²) in [6.45, 7) is -0.604. The predicted molar refractivity (Wildman–Crippen MR) is 119 cm³/mol. The molecule has 5 atom stereocenters. The van der Waals surface area contributed by atoms with E-state index in [4.69, 9.17) is 21.1 Å². The van der Waals surface area contributed by atoms with Gasteiger partial charge in [-0.2, -0.15) is 13.2 Å². The number of ether oxygens (including phenoxy) is 2. The maximum Gasteiger partial charge on any atom is 0.413 e. The number of hydrogen-bond acceptors (Lipinski definition) is 8. The van der Waals surface area contributed by atoms with Crippen LogP contribution in [0.4, 0.5) is 22.0 Å². The van der Waals surface area contributed by atoms with E-state index in [0.717, 1.165) is 10.7 Å². The number of alkyl halides is 3. The average Bonchev–Trinajstić information content (AvgIpc) is 3.35. The van der Waals surface area contributed by atoms with E-state index in [-0.39, 0.29) is 36.2 Å². The molecule has 2 fully saturated rings. The summed E-state index contributed by atoms with van der Waals surface area (Å²) in [5.41, 5.74) is -2.18. The van der Waals surface area contributed by atoms with Crippen molar-refractivity contribution in [3.05, 3.63) is 46.9 Å². The van der Waals surface area contributed by atoms with Crippen molar-refractivity contribution in [3.63, 3.8) is 0 Å². The van der Waals surface area contributed by atoms with Gasteiger partial charge in [0.05, 0.1) is 29.6 Å².